The van der Waals surface area contributed by atoms with Crippen LogP contribution in [0.15, 0.2) is 72.8 Å². The largest absolute Gasteiger partial charge is 0.395 e. The normalized spacial score (nSPS) is 16.2. The van der Waals surface area contributed by atoms with E-state index in [9.17, 15) is 5.11 Å². The van der Waals surface area contributed by atoms with Crippen LogP contribution >= 0.6 is 0 Å². The van der Waals surface area contributed by atoms with Gasteiger partial charge in [0.15, 0.2) is 0 Å². The van der Waals surface area contributed by atoms with Crippen LogP contribution in [0, 0.1) is 0 Å². The van der Waals surface area contributed by atoms with Crippen molar-refractivity contribution >= 4 is 17.1 Å². The van der Waals surface area contributed by atoms with Crippen molar-refractivity contribution < 1.29 is 5.11 Å². The molecule has 1 fully saturated rings. The minimum absolute atomic E-state index is 0.137. The Hall–Kier alpha value is -2.78. The number of para-hydroxylation sites is 2. The Morgan fingerprint density at radius 1 is 0.750 bits per heavy atom. The van der Waals surface area contributed by atoms with Gasteiger partial charge in [-0.1, -0.05) is 48.5 Å². The minimum atomic E-state index is 0.137. The van der Waals surface area contributed by atoms with Gasteiger partial charge in [0.1, 0.15) is 0 Å². The second-order valence-electron chi connectivity index (χ2n) is 7.71. The molecule has 0 saturated carbocycles. The van der Waals surface area contributed by atoms with Crippen molar-refractivity contribution in [1.29, 1.82) is 0 Å². The van der Waals surface area contributed by atoms with E-state index in [2.05, 4.69) is 82.6 Å². The zero-order valence-corrected chi connectivity index (χ0v) is 16.1. The van der Waals surface area contributed by atoms with Crippen molar-refractivity contribution in [3.05, 3.63) is 89.5 Å². The first-order valence-electron chi connectivity index (χ1n) is 10.3. The second kappa shape index (κ2) is 7.33. The van der Waals surface area contributed by atoms with Crippen LogP contribution < -0.4 is 9.80 Å². The quantitative estimate of drug-likeness (QED) is 0.707. The van der Waals surface area contributed by atoms with Crippen molar-refractivity contribution in [3.8, 4) is 0 Å². The first-order valence-corrected chi connectivity index (χ1v) is 10.3. The number of aliphatic hydroxyl groups excluding tert-OH is 1. The van der Waals surface area contributed by atoms with Crippen molar-refractivity contribution in [2.45, 2.75) is 18.8 Å². The number of fused-ring (bicyclic) bond motifs is 2. The molecule has 0 spiro atoms. The third kappa shape index (κ3) is 2.87. The van der Waals surface area contributed by atoms with Crippen molar-refractivity contribution in [3.63, 3.8) is 0 Å². The number of β-amino-alcohol motifs (C(OH)–C–C–N with tert-alkyl or cyclic N) is 1. The molecule has 3 aromatic rings. The Balaban J connectivity index is 1.60. The van der Waals surface area contributed by atoms with Gasteiger partial charge in [-0.2, -0.15) is 0 Å². The molecule has 1 saturated heterocycles. The monoisotopic (exact) mass is 370 g/mol. The topological polar surface area (TPSA) is 26.7 Å². The summed E-state index contributed by atoms with van der Waals surface area (Å²) < 4.78 is 0. The number of nitrogens with zero attached hydrogens (tertiary/aromatic N) is 2. The molecule has 0 aromatic heterocycles. The van der Waals surface area contributed by atoms with E-state index in [1.807, 2.05) is 0 Å². The molecule has 3 aromatic carbocycles. The van der Waals surface area contributed by atoms with Gasteiger partial charge in [-0.05, 0) is 53.8 Å². The van der Waals surface area contributed by atoms with E-state index < -0.39 is 0 Å². The average Bonchev–Trinajstić information content (AvgIpc) is 3.29. The van der Waals surface area contributed by atoms with Crippen LogP contribution in [0.3, 0.4) is 0 Å². The number of aliphatic hydroxyl groups is 1. The van der Waals surface area contributed by atoms with Crippen molar-refractivity contribution in [2.24, 2.45) is 0 Å². The van der Waals surface area contributed by atoms with Gasteiger partial charge in [-0.3, -0.25) is 0 Å². The minimum Gasteiger partial charge on any atom is -0.395 e. The molecule has 3 heteroatoms. The number of anilines is 3. The van der Waals surface area contributed by atoms with E-state index >= 15 is 0 Å². The lowest BCUT2D eigenvalue weighted by atomic mass is 9.80. The summed E-state index contributed by atoms with van der Waals surface area (Å²) in [5.74, 6) is 0.218. The molecule has 0 atom stereocenters. The average molecular weight is 370 g/mol. The smallest absolute Gasteiger partial charge is 0.0610 e. The van der Waals surface area contributed by atoms with Crippen molar-refractivity contribution in [2.75, 3.05) is 36.0 Å². The fraction of sp³-hybridized carbons (Fsp3) is 0.280. The highest BCUT2D eigenvalue weighted by Crippen LogP contribution is 2.48. The molecular formula is C25H26N2O. The van der Waals surface area contributed by atoms with Gasteiger partial charge in [-0.25, -0.2) is 0 Å². The highest BCUT2D eigenvalue weighted by atomic mass is 16.3. The predicted molar refractivity (Wildman–Crippen MR) is 116 cm³/mol. The SMILES string of the molecule is OCCN1c2ccccc2C(c2ccc(N3CCCC3)cc2)c2ccccc21. The molecule has 0 amide bonds. The van der Waals surface area contributed by atoms with Gasteiger partial charge in [0.2, 0.25) is 0 Å². The summed E-state index contributed by atoms with van der Waals surface area (Å²) in [5.41, 5.74) is 7.67. The number of rotatable bonds is 4. The lowest BCUT2D eigenvalue weighted by molar-refractivity contribution is 0.305. The number of hydrogen-bond donors (Lipinski definition) is 1. The molecule has 1 N–H and O–H groups in total. The van der Waals surface area contributed by atoms with Crippen LogP contribution in [0.4, 0.5) is 17.1 Å². The van der Waals surface area contributed by atoms with Crippen LogP contribution in [0.25, 0.3) is 0 Å². The zero-order valence-electron chi connectivity index (χ0n) is 16.1. The lowest BCUT2D eigenvalue weighted by Gasteiger charge is -2.37. The van der Waals surface area contributed by atoms with Crippen LogP contribution in [0.2, 0.25) is 0 Å². The van der Waals surface area contributed by atoms with E-state index in [-0.39, 0.29) is 12.5 Å². The maximum Gasteiger partial charge on any atom is 0.0610 e. The third-order valence-electron chi connectivity index (χ3n) is 6.10. The first-order chi connectivity index (χ1) is 13.9. The molecule has 0 aliphatic carbocycles. The standard InChI is InChI=1S/C25H26N2O/c28-18-17-27-23-9-3-1-7-21(23)25(22-8-2-4-10-24(22)27)19-11-13-20(14-12-19)26-15-5-6-16-26/h1-4,7-14,25,28H,5-6,15-18H2. The Bertz CT molecular complexity index is 913. The fourth-order valence-electron chi connectivity index (χ4n) is 4.81. The molecule has 0 unspecified atom stereocenters. The Labute approximate surface area is 166 Å². The second-order valence-corrected chi connectivity index (χ2v) is 7.71. The van der Waals surface area contributed by atoms with Crippen LogP contribution in [-0.2, 0) is 0 Å². The summed E-state index contributed by atoms with van der Waals surface area (Å²) in [7, 11) is 0. The third-order valence-corrected chi connectivity index (χ3v) is 6.10. The van der Waals surface area contributed by atoms with Gasteiger partial charge in [0, 0.05) is 42.6 Å². The molecule has 28 heavy (non-hydrogen) atoms. The molecule has 2 heterocycles. The molecule has 0 bridgehead atoms. The van der Waals surface area contributed by atoms with E-state index in [4.69, 9.17) is 0 Å². The molecule has 142 valence electrons. The molecule has 3 nitrogen and oxygen atoms in total. The summed E-state index contributed by atoms with van der Waals surface area (Å²) in [5, 5.41) is 9.64. The predicted octanol–water partition coefficient (Wildman–Crippen LogP) is 4.91. The molecule has 2 aliphatic rings. The number of hydrogen-bond acceptors (Lipinski definition) is 3. The van der Waals surface area contributed by atoms with Gasteiger partial charge >= 0.3 is 0 Å². The summed E-state index contributed by atoms with van der Waals surface area (Å²) in [4.78, 5) is 4.73. The molecular weight excluding hydrogens is 344 g/mol. The lowest BCUT2D eigenvalue weighted by Crippen LogP contribution is -2.28. The maximum absolute atomic E-state index is 9.64. The van der Waals surface area contributed by atoms with Gasteiger partial charge in [-0.15, -0.1) is 0 Å². The fourth-order valence-corrected chi connectivity index (χ4v) is 4.81. The Kier molecular flexibility index (Phi) is 4.53. The summed E-state index contributed by atoms with van der Waals surface area (Å²) in [6.45, 7) is 3.08. The van der Waals surface area contributed by atoms with Crippen LogP contribution in [0.1, 0.15) is 35.4 Å². The molecule has 5 rings (SSSR count). The molecule has 2 aliphatic heterocycles. The van der Waals surface area contributed by atoms with E-state index in [1.165, 1.54) is 59.7 Å². The van der Waals surface area contributed by atoms with Gasteiger partial charge < -0.3 is 14.9 Å². The highest BCUT2D eigenvalue weighted by Gasteiger charge is 2.30. The molecule has 0 radical (unpaired) electrons. The Morgan fingerprint density at radius 3 is 1.89 bits per heavy atom. The van der Waals surface area contributed by atoms with Gasteiger partial charge in [0.25, 0.3) is 0 Å². The van der Waals surface area contributed by atoms with Crippen LogP contribution in [0.5, 0.6) is 0 Å². The number of benzene rings is 3. The van der Waals surface area contributed by atoms with Gasteiger partial charge in [0.05, 0.1) is 6.61 Å². The maximum atomic E-state index is 9.64. The van der Waals surface area contributed by atoms with E-state index in [1.54, 1.807) is 0 Å². The van der Waals surface area contributed by atoms with Crippen LogP contribution in [-0.4, -0.2) is 31.3 Å². The Morgan fingerprint density at radius 2 is 1.32 bits per heavy atom. The first kappa shape index (κ1) is 17.3. The summed E-state index contributed by atoms with van der Waals surface area (Å²) in [6, 6.07) is 26.4. The zero-order chi connectivity index (χ0) is 18.9. The summed E-state index contributed by atoms with van der Waals surface area (Å²) >= 11 is 0. The van der Waals surface area contributed by atoms with E-state index in [0.29, 0.717) is 6.54 Å². The summed E-state index contributed by atoms with van der Waals surface area (Å²) in [6.07, 6.45) is 2.59. The van der Waals surface area contributed by atoms with E-state index in [0.717, 1.165) is 0 Å². The van der Waals surface area contributed by atoms with Crippen molar-refractivity contribution in [1.82, 2.24) is 0 Å². The highest BCUT2D eigenvalue weighted by molar-refractivity contribution is 5.78.